The molecule has 0 N–H and O–H groups in total. The molecule has 0 aromatic carbocycles. The first-order valence-corrected chi connectivity index (χ1v) is 7.33. The van der Waals surface area contributed by atoms with Crippen molar-refractivity contribution < 1.29 is 9.59 Å². The van der Waals surface area contributed by atoms with E-state index in [2.05, 4.69) is 4.85 Å². The Morgan fingerprint density at radius 1 is 1.25 bits per heavy atom. The molecule has 3 atom stereocenters. The summed E-state index contributed by atoms with van der Waals surface area (Å²) in [5.74, 6) is 0.976. The van der Waals surface area contributed by atoms with E-state index in [0.29, 0.717) is 12.3 Å². The monoisotopic (exact) mass is 269 g/mol. The predicted molar refractivity (Wildman–Crippen MR) is 75.5 cm³/mol. The molecule has 0 radical (unpaired) electrons. The molecular weight excluding hydrogens is 250 g/mol. The Morgan fingerprint density at radius 3 is 2.70 bits per heavy atom. The second kappa shape index (κ2) is 4.41. The van der Waals surface area contributed by atoms with Crippen molar-refractivity contribution >= 4 is 11.6 Å². The van der Waals surface area contributed by atoms with Crippen LogP contribution in [0.1, 0.15) is 39.5 Å². The van der Waals surface area contributed by atoms with E-state index in [-0.39, 0.29) is 29.1 Å². The van der Waals surface area contributed by atoms with Crippen LogP contribution in [0.15, 0.2) is 23.4 Å². The normalized spacial score (nSPS) is 35.4. The van der Waals surface area contributed by atoms with Crippen molar-refractivity contribution in [3.05, 3.63) is 34.8 Å². The number of allylic oxidation sites excluding steroid dienone is 4. The molecule has 20 heavy (non-hydrogen) atoms. The maximum Gasteiger partial charge on any atom is 0.226 e. The van der Waals surface area contributed by atoms with Crippen molar-refractivity contribution in [3.63, 3.8) is 0 Å². The van der Waals surface area contributed by atoms with Crippen LogP contribution in [0.2, 0.25) is 0 Å². The minimum absolute atomic E-state index is 0.0325. The highest BCUT2D eigenvalue weighted by Gasteiger charge is 2.49. The highest BCUT2D eigenvalue weighted by molar-refractivity contribution is 6.02. The van der Waals surface area contributed by atoms with Gasteiger partial charge in [0.2, 0.25) is 5.70 Å². The van der Waals surface area contributed by atoms with Gasteiger partial charge in [-0.05, 0) is 43.1 Å². The van der Waals surface area contributed by atoms with E-state index in [4.69, 9.17) is 6.57 Å². The van der Waals surface area contributed by atoms with Gasteiger partial charge in [-0.3, -0.25) is 4.79 Å². The molecule has 1 saturated carbocycles. The fourth-order valence-electron chi connectivity index (χ4n) is 4.19. The molecule has 0 aromatic rings. The standard InChI is InChI=1S/C17H19NO2/c1-17(2)14-7-5-10-4-6-11(19)8-12(10)13(14)9-15(18-3)16(17)20/h8-10,13-14H,4-7H2,1-2H3/t10?,13?,14-/m1/s1. The van der Waals surface area contributed by atoms with E-state index in [9.17, 15) is 9.59 Å². The van der Waals surface area contributed by atoms with E-state index in [1.54, 1.807) is 6.08 Å². The van der Waals surface area contributed by atoms with Crippen molar-refractivity contribution in [2.24, 2.45) is 23.2 Å². The lowest BCUT2D eigenvalue weighted by atomic mass is 9.55. The number of hydrogen-bond acceptors (Lipinski definition) is 2. The summed E-state index contributed by atoms with van der Waals surface area (Å²) < 4.78 is 0. The van der Waals surface area contributed by atoms with Crippen molar-refractivity contribution in [1.82, 2.24) is 0 Å². The summed E-state index contributed by atoms with van der Waals surface area (Å²) in [4.78, 5) is 27.6. The number of hydrogen-bond donors (Lipinski definition) is 0. The average molecular weight is 269 g/mol. The van der Waals surface area contributed by atoms with Crippen LogP contribution in [0.3, 0.4) is 0 Å². The van der Waals surface area contributed by atoms with Gasteiger partial charge in [0, 0.05) is 11.8 Å². The smallest absolute Gasteiger partial charge is 0.226 e. The van der Waals surface area contributed by atoms with Gasteiger partial charge in [0.15, 0.2) is 11.6 Å². The van der Waals surface area contributed by atoms with Crippen LogP contribution in [0.25, 0.3) is 4.85 Å². The van der Waals surface area contributed by atoms with Crippen LogP contribution in [-0.4, -0.2) is 11.6 Å². The molecule has 3 aliphatic carbocycles. The Labute approximate surface area is 119 Å². The number of Topliss-reactive ketones (excluding diaryl/α,β-unsaturated/α-hetero) is 1. The molecule has 3 nitrogen and oxygen atoms in total. The van der Waals surface area contributed by atoms with E-state index in [1.165, 1.54) is 5.57 Å². The lowest BCUT2D eigenvalue weighted by molar-refractivity contribution is -0.128. The number of carbonyl (C=O) groups excluding carboxylic acids is 2. The molecule has 0 amide bonds. The summed E-state index contributed by atoms with van der Waals surface area (Å²) in [7, 11) is 0. The summed E-state index contributed by atoms with van der Waals surface area (Å²) in [6.07, 6.45) is 7.30. The van der Waals surface area contributed by atoms with Gasteiger partial charge in [0.1, 0.15) is 0 Å². The third-order valence-corrected chi connectivity index (χ3v) is 5.39. The van der Waals surface area contributed by atoms with Gasteiger partial charge in [-0.2, -0.15) is 0 Å². The molecule has 3 rings (SSSR count). The minimum atomic E-state index is -0.494. The largest absolute Gasteiger partial charge is 0.307 e. The third kappa shape index (κ3) is 1.78. The predicted octanol–water partition coefficient (Wildman–Crippen LogP) is 3.33. The van der Waals surface area contributed by atoms with Crippen molar-refractivity contribution in [2.75, 3.05) is 0 Å². The highest BCUT2D eigenvalue weighted by Crippen LogP contribution is 2.53. The van der Waals surface area contributed by atoms with E-state index >= 15 is 0 Å². The molecular formula is C17H19NO2. The maximum absolute atomic E-state index is 12.4. The van der Waals surface area contributed by atoms with Gasteiger partial charge in [-0.25, -0.2) is 4.85 Å². The molecule has 0 aromatic heterocycles. The second-order valence-electron chi connectivity index (χ2n) is 6.77. The summed E-state index contributed by atoms with van der Waals surface area (Å²) >= 11 is 0. The maximum atomic E-state index is 12.4. The number of fused-ring (bicyclic) bond motifs is 3. The molecule has 0 bridgehead atoms. The molecule has 3 aliphatic rings. The van der Waals surface area contributed by atoms with Gasteiger partial charge < -0.3 is 4.79 Å². The number of rotatable bonds is 0. The summed E-state index contributed by atoms with van der Waals surface area (Å²) in [5, 5.41) is 0. The van der Waals surface area contributed by atoms with Crippen molar-refractivity contribution in [2.45, 2.75) is 39.5 Å². The molecule has 0 heterocycles. The van der Waals surface area contributed by atoms with E-state index < -0.39 is 5.41 Å². The third-order valence-electron chi connectivity index (χ3n) is 5.39. The Bertz CT molecular complexity index is 589. The molecule has 3 heteroatoms. The van der Waals surface area contributed by atoms with Gasteiger partial charge in [-0.15, -0.1) is 0 Å². The number of ketones is 2. The first kappa shape index (κ1) is 13.3. The SMILES string of the molecule is [C-]#[N+]C1=CC2C3=CC(=O)CCC3CC[C@H]2C(C)(C)C1=O. The molecule has 104 valence electrons. The Kier molecular flexibility index (Phi) is 2.93. The molecule has 0 aliphatic heterocycles. The quantitative estimate of drug-likeness (QED) is 0.633. The van der Waals surface area contributed by atoms with Gasteiger partial charge in [-0.1, -0.05) is 25.5 Å². The van der Waals surface area contributed by atoms with Crippen LogP contribution < -0.4 is 0 Å². The fourth-order valence-corrected chi connectivity index (χ4v) is 4.19. The van der Waals surface area contributed by atoms with E-state index in [1.807, 2.05) is 19.9 Å². The Balaban J connectivity index is 2.10. The van der Waals surface area contributed by atoms with Crippen LogP contribution in [0.5, 0.6) is 0 Å². The number of nitrogens with zero attached hydrogens (tertiary/aromatic N) is 1. The molecule has 0 spiro atoms. The highest BCUT2D eigenvalue weighted by atomic mass is 16.1. The zero-order valence-electron chi connectivity index (χ0n) is 12.0. The summed E-state index contributed by atoms with van der Waals surface area (Å²) in [6, 6.07) is 0. The van der Waals surface area contributed by atoms with Gasteiger partial charge in [0.25, 0.3) is 0 Å². The zero-order valence-corrected chi connectivity index (χ0v) is 12.0. The number of carbonyl (C=O) groups is 2. The molecule has 2 unspecified atom stereocenters. The zero-order chi connectivity index (χ0) is 14.5. The van der Waals surface area contributed by atoms with Crippen LogP contribution >= 0.6 is 0 Å². The van der Waals surface area contributed by atoms with Gasteiger partial charge in [0.05, 0.1) is 6.57 Å². The first-order chi connectivity index (χ1) is 9.45. The van der Waals surface area contributed by atoms with Crippen LogP contribution in [-0.2, 0) is 9.59 Å². The average Bonchev–Trinajstić information content (AvgIpc) is 2.42. The summed E-state index contributed by atoms with van der Waals surface area (Å²) in [6.45, 7) is 11.1. The first-order valence-electron chi connectivity index (χ1n) is 7.33. The lowest BCUT2D eigenvalue weighted by Crippen LogP contribution is -2.45. The Morgan fingerprint density at radius 2 is 2.00 bits per heavy atom. The summed E-state index contributed by atoms with van der Waals surface area (Å²) in [5.41, 5.74) is 0.945. The molecule has 0 saturated heterocycles. The van der Waals surface area contributed by atoms with Crippen LogP contribution in [0.4, 0.5) is 0 Å². The van der Waals surface area contributed by atoms with Crippen molar-refractivity contribution in [1.29, 1.82) is 0 Å². The molecule has 1 fully saturated rings. The van der Waals surface area contributed by atoms with Gasteiger partial charge >= 0.3 is 0 Å². The fraction of sp³-hybridized carbons (Fsp3) is 0.588. The lowest BCUT2D eigenvalue weighted by Gasteiger charge is -2.48. The van der Waals surface area contributed by atoms with E-state index in [0.717, 1.165) is 19.3 Å². The Hall–Kier alpha value is -1.69. The van der Waals surface area contributed by atoms with Crippen LogP contribution in [0, 0.1) is 29.7 Å². The minimum Gasteiger partial charge on any atom is -0.307 e. The topological polar surface area (TPSA) is 38.5 Å². The van der Waals surface area contributed by atoms with Crippen molar-refractivity contribution in [3.8, 4) is 0 Å². The second-order valence-corrected chi connectivity index (χ2v) is 6.77.